The predicted molar refractivity (Wildman–Crippen MR) is 136 cm³/mol. The number of benzodiazepines with no additional fused rings is 1. The van der Waals surface area contributed by atoms with E-state index < -0.39 is 6.17 Å². The number of amides is 1. The lowest BCUT2D eigenvalue weighted by Crippen LogP contribution is -2.59. The van der Waals surface area contributed by atoms with Gasteiger partial charge in [-0.25, -0.2) is 4.99 Å². The third-order valence-corrected chi connectivity index (χ3v) is 6.53. The van der Waals surface area contributed by atoms with Crippen molar-refractivity contribution in [3.8, 4) is 0 Å². The molecule has 2 aromatic carbocycles. The molecule has 0 bridgehead atoms. The molecule has 2 heterocycles. The van der Waals surface area contributed by atoms with Crippen LogP contribution in [0.2, 0.25) is 5.02 Å². The van der Waals surface area contributed by atoms with E-state index in [0.717, 1.165) is 11.1 Å². The van der Waals surface area contributed by atoms with Gasteiger partial charge in [-0.3, -0.25) is 9.59 Å². The fourth-order valence-electron chi connectivity index (χ4n) is 4.15. The molecule has 0 saturated carbocycles. The number of hydrogen-bond donors (Lipinski definition) is 2. The quantitative estimate of drug-likeness (QED) is 0.492. The first-order chi connectivity index (χ1) is 16.4. The number of ether oxygens (including phenoxy) is 1. The SMILES string of the molecule is COC(=O)CC1CNCCN1C(=S)NC1N=C(c2ccccc2)c2cc(Cl)ccc2N(C)C1=O. The number of esters is 1. The predicted octanol–water partition coefficient (Wildman–Crippen LogP) is 2.19. The van der Waals surface area contributed by atoms with Crippen molar-refractivity contribution >= 4 is 52.2 Å². The number of carbonyl (C=O) groups is 2. The zero-order valence-electron chi connectivity index (χ0n) is 19.0. The van der Waals surface area contributed by atoms with Gasteiger partial charge in [-0.2, -0.15) is 0 Å². The summed E-state index contributed by atoms with van der Waals surface area (Å²) in [5, 5.41) is 7.33. The van der Waals surface area contributed by atoms with Gasteiger partial charge in [-0.15, -0.1) is 0 Å². The second-order valence-electron chi connectivity index (χ2n) is 8.09. The van der Waals surface area contributed by atoms with Crippen LogP contribution < -0.4 is 15.5 Å². The molecule has 1 amide bonds. The van der Waals surface area contributed by atoms with Gasteiger partial charge in [0, 0.05) is 42.8 Å². The van der Waals surface area contributed by atoms with Crippen LogP contribution in [0.3, 0.4) is 0 Å². The van der Waals surface area contributed by atoms with Crippen molar-refractivity contribution in [2.24, 2.45) is 4.99 Å². The summed E-state index contributed by atoms with van der Waals surface area (Å²) in [4.78, 5) is 33.7. The zero-order valence-corrected chi connectivity index (χ0v) is 20.5. The lowest BCUT2D eigenvalue weighted by atomic mass is 10.0. The Morgan fingerprint density at radius 2 is 2.06 bits per heavy atom. The van der Waals surface area contributed by atoms with E-state index in [1.165, 1.54) is 7.11 Å². The van der Waals surface area contributed by atoms with E-state index in [9.17, 15) is 9.59 Å². The Bertz CT molecular complexity index is 1130. The number of carbonyl (C=O) groups excluding carboxylic acids is 2. The van der Waals surface area contributed by atoms with Gasteiger partial charge in [0.2, 0.25) is 6.17 Å². The van der Waals surface area contributed by atoms with Gasteiger partial charge in [0.25, 0.3) is 5.91 Å². The minimum absolute atomic E-state index is 0.187. The Morgan fingerprint density at radius 1 is 1.29 bits per heavy atom. The van der Waals surface area contributed by atoms with E-state index in [4.69, 9.17) is 33.5 Å². The maximum atomic E-state index is 13.5. The number of hydrogen-bond acceptors (Lipinski definition) is 6. The van der Waals surface area contributed by atoms with Crippen LogP contribution in [0.4, 0.5) is 5.69 Å². The number of piperazine rings is 1. The van der Waals surface area contributed by atoms with Crippen molar-refractivity contribution in [3.63, 3.8) is 0 Å². The highest BCUT2D eigenvalue weighted by molar-refractivity contribution is 7.80. The standard InChI is InChI=1S/C24H26ClN5O3S/c1-29-19-9-8-16(25)12-18(19)21(15-6-4-3-5-7-15)27-22(23(29)32)28-24(34)30-11-10-26-14-17(30)13-20(31)33-2/h3-9,12,17,22,26H,10-11,13-14H2,1-2H3,(H,28,34). The van der Waals surface area contributed by atoms with Crippen molar-refractivity contribution < 1.29 is 14.3 Å². The molecule has 1 fully saturated rings. The van der Waals surface area contributed by atoms with Crippen molar-refractivity contribution in [2.75, 3.05) is 38.7 Å². The largest absolute Gasteiger partial charge is 0.469 e. The summed E-state index contributed by atoms with van der Waals surface area (Å²) in [6, 6.07) is 14.8. The summed E-state index contributed by atoms with van der Waals surface area (Å²) >= 11 is 12.0. The first-order valence-corrected chi connectivity index (χ1v) is 11.7. The molecule has 2 aliphatic rings. The molecule has 178 valence electrons. The lowest BCUT2D eigenvalue weighted by Gasteiger charge is -2.38. The molecule has 0 spiro atoms. The van der Waals surface area contributed by atoms with Crippen LogP contribution in [-0.2, 0) is 14.3 Å². The fraction of sp³-hybridized carbons (Fsp3) is 0.333. The average molecular weight is 500 g/mol. The number of benzene rings is 2. The third kappa shape index (κ3) is 5.06. The molecule has 2 aliphatic heterocycles. The summed E-state index contributed by atoms with van der Waals surface area (Å²) in [6.45, 7) is 1.88. The molecule has 2 N–H and O–H groups in total. The van der Waals surface area contributed by atoms with E-state index in [2.05, 4.69) is 10.6 Å². The number of nitrogens with zero attached hydrogens (tertiary/aromatic N) is 3. The van der Waals surface area contributed by atoms with Crippen LogP contribution in [-0.4, -0.2) is 73.6 Å². The van der Waals surface area contributed by atoms with Gasteiger partial charge in [-0.05, 0) is 30.4 Å². The number of anilines is 1. The number of thiocarbonyl (C=S) groups is 1. The second-order valence-corrected chi connectivity index (χ2v) is 8.91. The second kappa shape index (κ2) is 10.5. The maximum Gasteiger partial charge on any atom is 0.307 e. The normalized spacial score (nSPS) is 20.2. The van der Waals surface area contributed by atoms with E-state index in [0.29, 0.717) is 41.2 Å². The Morgan fingerprint density at radius 3 is 2.79 bits per heavy atom. The number of rotatable bonds is 4. The van der Waals surface area contributed by atoms with E-state index >= 15 is 0 Å². The Kier molecular flexibility index (Phi) is 7.45. The summed E-state index contributed by atoms with van der Waals surface area (Å²) in [7, 11) is 3.07. The van der Waals surface area contributed by atoms with Crippen LogP contribution >= 0.6 is 23.8 Å². The van der Waals surface area contributed by atoms with Crippen LogP contribution in [0.15, 0.2) is 53.5 Å². The number of likely N-dealkylation sites (N-methyl/N-ethyl adjacent to an activating group) is 1. The van der Waals surface area contributed by atoms with Crippen LogP contribution in [0.5, 0.6) is 0 Å². The van der Waals surface area contributed by atoms with Gasteiger partial charge >= 0.3 is 5.97 Å². The summed E-state index contributed by atoms with van der Waals surface area (Å²) in [5.74, 6) is -0.569. The Balaban J connectivity index is 1.68. The molecular weight excluding hydrogens is 474 g/mol. The van der Waals surface area contributed by atoms with Crippen molar-refractivity contribution in [1.29, 1.82) is 0 Å². The highest BCUT2D eigenvalue weighted by Crippen LogP contribution is 2.30. The minimum Gasteiger partial charge on any atom is -0.469 e. The van der Waals surface area contributed by atoms with Crippen molar-refractivity contribution in [3.05, 3.63) is 64.7 Å². The number of nitrogens with one attached hydrogen (secondary N) is 2. The van der Waals surface area contributed by atoms with Crippen LogP contribution in [0.1, 0.15) is 17.5 Å². The molecule has 8 nitrogen and oxygen atoms in total. The maximum absolute atomic E-state index is 13.5. The van der Waals surface area contributed by atoms with Crippen LogP contribution in [0.25, 0.3) is 0 Å². The average Bonchev–Trinajstić information content (AvgIpc) is 2.95. The van der Waals surface area contributed by atoms with E-state index in [1.54, 1.807) is 18.0 Å². The highest BCUT2D eigenvalue weighted by Gasteiger charge is 2.33. The molecule has 2 aromatic rings. The summed E-state index contributed by atoms with van der Waals surface area (Å²) in [6.07, 6.45) is -0.765. The number of methoxy groups -OCH3 is 1. The number of aliphatic imine (C=N–C) groups is 1. The zero-order chi connectivity index (χ0) is 24.2. The first kappa shape index (κ1) is 24.1. The number of fused-ring (bicyclic) bond motifs is 1. The topological polar surface area (TPSA) is 86.3 Å². The molecule has 4 rings (SSSR count). The molecule has 0 radical (unpaired) electrons. The monoisotopic (exact) mass is 499 g/mol. The minimum atomic E-state index is -0.951. The third-order valence-electron chi connectivity index (χ3n) is 5.95. The van der Waals surface area contributed by atoms with E-state index in [-0.39, 0.29) is 24.3 Å². The van der Waals surface area contributed by atoms with Gasteiger partial charge < -0.3 is 25.2 Å². The van der Waals surface area contributed by atoms with Crippen molar-refractivity contribution in [2.45, 2.75) is 18.6 Å². The fourth-order valence-corrected chi connectivity index (χ4v) is 4.68. The summed E-state index contributed by atoms with van der Waals surface area (Å²) in [5.41, 5.74) is 2.97. The Hall–Kier alpha value is -3.01. The molecule has 0 aromatic heterocycles. The van der Waals surface area contributed by atoms with Crippen LogP contribution in [0, 0.1) is 0 Å². The highest BCUT2D eigenvalue weighted by atomic mass is 35.5. The molecule has 2 unspecified atom stereocenters. The summed E-state index contributed by atoms with van der Waals surface area (Å²) < 4.78 is 4.84. The molecule has 10 heteroatoms. The van der Waals surface area contributed by atoms with Gasteiger partial charge in [0.15, 0.2) is 5.11 Å². The Labute approximate surface area is 208 Å². The van der Waals surface area contributed by atoms with Crippen molar-refractivity contribution in [1.82, 2.24) is 15.5 Å². The van der Waals surface area contributed by atoms with Gasteiger partial charge in [0.1, 0.15) is 0 Å². The smallest absolute Gasteiger partial charge is 0.307 e. The van der Waals surface area contributed by atoms with Gasteiger partial charge in [0.05, 0.1) is 31.0 Å². The lowest BCUT2D eigenvalue weighted by molar-refractivity contribution is -0.141. The molecule has 1 saturated heterocycles. The molecule has 2 atom stereocenters. The number of halogens is 1. The first-order valence-electron chi connectivity index (χ1n) is 10.9. The molecule has 0 aliphatic carbocycles. The molecular formula is C24H26ClN5O3S. The van der Waals surface area contributed by atoms with E-state index in [1.807, 2.05) is 47.4 Å². The molecule has 34 heavy (non-hydrogen) atoms. The van der Waals surface area contributed by atoms with Gasteiger partial charge in [-0.1, -0.05) is 41.9 Å².